The molecule has 0 saturated carbocycles. The summed E-state index contributed by atoms with van der Waals surface area (Å²) < 4.78 is 5.53. The zero-order valence-corrected chi connectivity index (χ0v) is 10.6. The second-order valence-electron chi connectivity index (χ2n) is 3.94. The largest absolute Gasteiger partial charge is 0.492 e. The number of hydrogen-bond acceptors (Lipinski definition) is 3. The van der Waals surface area contributed by atoms with Crippen molar-refractivity contribution in [1.29, 1.82) is 0 Å². The number of nitrogens with zero attached hydrogens (tertiary/aromatic N) is 2. The van der Waals surface area contributed by atoms with Gasteiger partial charge in [-0.05, 0) is 43.7 Å². The summed E-state index contributed by atoms with van der Waals surface area (Å²) in [6.07, 6.45) is 0. The Balaban J connectivity index is 2.27. The maximum Gasteiger partial charge on any atom is 0.146 e. The zero-order chi connectivity index (χ0) is 12.8. The molecule has 0 heterocycles. The predicted molar refractivity (Wildman–Crippen MR) is 73.0 cm³/mol. The lowest BCUT2D eigenvalue weighted by molar-refractivity contribution is 0.341. The first kappa shape index (κ1) is 12.3. The van der Waals surface area contributed by atoms with Crippen LogP contribution in [0.3, 0.4) is 0 Å². The molecule has 0 unspecified atom stereocenters. The van der Waals surface area contributed by atoms with Crippen molar-refractivity contribution < 1.29 is 4.74 Å². The van der Waals surface area contributed by atoms with Crippen LogP contribution >= 0.6 is 0 Å². The fourth-order valence-corrected chi connectivity index (χ4v) is 1.59. The van der Waals surface area contributed by atoms with E-state index in [1.807, 2.05) is 62.4 Å². The van der Waals surface area contributed by atoms with Crippen molar-refractivity contribution in [3.8, 4) is 5.75 Å². The van der Waals surface area contributed by atoms with Crippen LogP contribution in [-0.4, -0.2) is 6.61 Å². The van der Waals surface area contributed by atoms with Gasteiger partial charge in [-0.15, -0.1) is 5.11 Å². The van der Waals surface area contributed by atoms with E-state index in [-0.39, 0.29) is 0 Å². The summed E-state index contributed by atoms with van der Waals surface area (Å²) in [5.41, 5.74) is 2.74. The SMILES string of the molecule is CCOc1ccc(C)cc1N=Nc1ccccc1. The van der Waals surface area contributed by atoms with Crippen LogP contribution in [0, 0.1) is 6.92 Å². The predicted octanol–water partition coefficient (Wildman–Crippen LogP) is 4.81. The summed E-state index contributed by atoms with van der Waals surface area (Å²) in [6, 6.07) is 15.6. The summed E-state index contributed by atoms with van der Waals surface area (Å²) in [5, 5.41) is 8.46. The molecule has 0 aliphatic carbocycles. The van der Waals surface area contributed by atoms with Crippen molar-refractivity contribution in [2.75, 3.05) is 6.61 Å². The van der Waals surface area contributed by atoms with E-state index in [2.05, 4.69) is 10.2 Å². The van der Waals surface area contributed by atoms with Crippen LogP contribution in [0.1, 0.15) is 12.5 Å². The molecule has 3 heteroatoms. The van der Waals surface area contributed by atoms with E-state index in [1.165, 1.54) is 0 Å². The number of azo groups is 1. The highest BCUT2D eigenvalue weighted by Crippen LogP contribution is 2.30. The molecule has 3 nitrogen and oxygen atoms in total. The molecule has 0 spiro atoms. The summed E-state index contributed by atoms with van der Waals surface area (Å²) >= 11 is 0. The van der Waals surface area contributed by atoms with Crippen LogP contribution in [0.25, 0.3) is 0 Å². The first-order valence-electron chi connectivity index (χ1n) is 6.00. The van der Waals surface area contributed by atoms with E-state index in [9.17, 15) is 0 Å². The molecule has 0 radical (unpaired) electrons. The molecule has 0 atom stereocenters. The van der Waals surface area contributed by atoms with Crippen LogP contribution in [-0.2, 0) is 0 Å². The van der Waals surface area contributed by atoms with Gasteiger partial charge in [0.2, 0.25) is 0 Å². The van der Waals surface area contributed by atoms with Crippen molar-refractivity contribution in [1.82, 2.24) is 0 Å². The molecule has 0 saturated heterocycles. The standard InChI is InChI=1S/C15H16N2O/c1-3-18-15-10-9-12(2)11-14(15)17-16-13-7-5-4-6-8-13/h4-11H,3H2,1-2H3. The average molecular weight is 240 g/mol. The van der Waals surface area contributed by atoms with Gasteiger partial charge in [-0.25, -0.2) is 0 Å². The molecule has 92 valence electrons. The van der Waals surface area contributed by atoms with Crippen molar-refractivity contribution in [3.63, 3.8) is 0 Å². The minimum Gasteiger partial charge on any atom is -0.492 e. The summed E-state index contributed by atoms with van der Waals surface area (Å²) in [5.74, 6) is 0.766. The fourth-order valence-electron chi connectivity index (χ4n) is 1.59. The number of hydrogen-bond donors (Lipinski definition) is 0. The van der Waals surface area contributed by atoms with Gasteiger partial charge in [0.15, 0.2) is 0 Å². The van der Waals surface area contributed by atoms with Crippen molar-refractivity contribution in [2.24, 2.45) is 10.2 Å². The quantitative estimate of drug-likeness (QED) is 0.706. The molecular formula is C15H16N2O. The van der Waals surface area contributed by atoms with Crippen molar-refractivity contribution in [3.05, 3.63) is 54.1 Å². The first-order valence-corrected chi connectivity index (χ1v) is 6.00. The molecule has 0 amide bonds. The normalized spacial score (nSPS) is 10.8. The second-order valence-corrected chi connectivity index (χ2v) is 3.94. The number of rotatable bonds is 4. The molecule has 0 aliphatic rings. The lowest BCUT2D eigenvalue weighted by Gasteiger charge is -2.06. The topological polar surface area (TPSA) is 34.0 Å². The summed E-state index contributed by atoms with van der Waals surface area (Å²) in [7, 11) is 0. The number of ether oxygens (including phenoxy) is 1. The zero-order valence-electron chi connectivity index (χ0n) is 10.6. The summed E-state index contributed by atoms with van der Waals surface area (Å²) in [4.78, 5) is 0. The van der Waals surface area contributed by atoms with Gasteiger partial charge in [0.25, 0.3) is 0 Å². The third-order valence-corrected chi connectivity index (χ3v) is 2.44. The molecule has 0 aromatic heterocycles. The Morgan fingerprint density at radius 3 is 2.50 bits per heavy atom. The van der Waals surface area contributed by atoms with Gasteiger partial charge in [-0.3, -0.25) is 0 Å². The minimum absolute atomic E-state index is 0.622. The monoisotopic (exact) mass is 240 g/mol. The molecule has 0 N–H and O–H groups in total. The van der Waals surface area contributed by atoms with Crippen molar-refractivity contribution in [2.45, 2.75) is 13.8 Å². The third kappa shape index (κ3) is 3.17. The lowest BCUT2D eigenvalue weighted by atomic mass is 10.2. The van der Waals surface area contributed by atoms with Gasteiger partial charge in [-0.2, -0.15) is 5.11 Å². The van der Waals surface area contributed by atoms with E-state index in [0.717, 1.165) is 22.7 Å². The molecule has 18 heavy (non-hydrogen) atoms. The Labute approximate surface area is 107 Å². The maximum absolute atomic E-state index is 5.53. The van der Waals surface area contributed by atoms with E-state index < -0.39 is 0 Å². The molecule has 0 bridgehead atoms. The molecule has 2 rings (SSSR count). The minimum atomic E-state index is 0.622. The number of aryl methyl sites for hydroxylation is 1. The highest BCUT2D eigenvalue weighted by Gasteiger charge is 2.02. The Hall–Kier alpha value is -2.16. The fraction of sp³-hybridized carbons (Fsp3) is 0.200. The van der Waals surface area contributed by atoms with Gasteiger partial charge in [-0.1, -0.05) is 24.3 Å². The van der Waals surface area contributed by atoms with Gasteiger partial charge in [0, 0.05) is 0 Å². The van der Waals surface area contributed by atoms with Gasteiger partial charge >= 0.3 is 0 Å². The van der Waals surface area contributed by atoms with Gasteiger partial charge < -0.3 is 4.74 Å². The molecule has 2 aromatic rings. The Bertz CT molecular complexity index is 535. The second kappa shape index (κ2) is 5.96. The molecule has 0 fully saturated rings. The van der Waals surface area contributed by atoms with Gasteiger partial charge in [0.1, 0.15) is 11.4 Å². The van der Waals surface area contributed by atoms with Gasteiger partial charge in [0.05, 0.1) is 12.3 Å². The van der Waals surface area contributed by atoms with Crippen LogP contribution in [0.5, 0.6) is 5.75 Å². The highest BCUT2D eigenvalue weighted by atomic mass is 16.5. The van der Waals surface area contributed by atoms with E-state index >= 15 is 0 Å². The van der Waals surface area contributed by atoms with E-state index in [4.69, 9.17) is 4.74 Å². The Morgan fingerprint density at radius 2 is 1.78 bits per heavy atom. The van der Waals surface area contributed by atoms with E-state index in [1.54, 1.807) is 0 Å². The van der Waals surface area contributed by atoms with Crippen LogP contribution in [0.4, 0.5) is 11.4 Å². The maximum atomic E-state index is 5.53. The van der Waals surface area contributed by atoms with Crippen LogP contribution in [0.2, 0.25) is 0 Å². The Kier molecular flexibility index (Phi) is 4.07. The van der Waals surface area contributed by atoms with E-state index in [0.29, 0.717) is 6.61 Å². The number of benzene rings is 2. The molecular weight excluding hydrogens is 224 g/mol. The third-order valence-electron chi connectivity index (χ3n) is 2.44. The first-order chi connectivity index (χ1) is 8.79. The molecule has 0 aliphatic heterocycles. The lowest BCUT2D eigenvalue weighted by Crippen LogP contribution is -1.91. The average Bonchev–Trinajstić information content (AvgIpc) is 2.40. The Morgan fingerprint density at radius 1 is 1.00 bits per heavy atom. The smallest absolute Gasteiger partial charge is 0.146 e. The van der Waals surface area contributed by atoms with Crippen LogP contribution < -0.4 is 4.74 Å². The molecule has 2 aromatic carbocycles. The summed E-state index contributed by atoms with van der Waals surface area (Å²) in [6.45, 7) is 4.60. The van der Waals surface area contributed by atoms with Crippen LogP contribution in [0.15, 0.2) is 58.8 Å². The van der Waals surface area contributed by atoms with Crippen molar-refractivity contribution >= 4 is 11.4 Å². The highest BCUT2D eigenvalue weighted by molar-refractivity contribution is 5.53.